The van der Waals surface area contributed by atoms with E-state index in [0.29, 0.717) is 17.1 Å². The third-order valence-corrected chi connectivity index (χ3v) is 4.39. The van der Waals surface area contributed by atoms with Crippen LogP contribution in [0.25, 0.3) is 0 Å². The van der Waals surface area contributed by atoms with Gasteiger partial charge in [0.25, 0.3) is 0 Å². The molecule has 23 heavy (non-hydrogen) atoms. The summed E-state index contributed by atoms with van der Waals surface area (Å²) in [5.74, 6) is -0.661. The second-order valence-corrected chi connectivity index (χ2v) is 5.54. The minimum atomic E-state index is -0.863. The Morgan fingerprint density at radius 3 is 2.74 bits per heavy atom. The number of hydrogen-bond donors (Lipinski definition) is 0. The Hall–Kier alpha value is -2.82. The van der Waals surface area contributed by atoms with Crippen molar-refractivity contribution in [3.05, 3.63) is 59.2 Å². The van der Waals surface area contributed by atoms with E-state index in [2.05, 4.69) is 0 Å². The molecule has 2 aromatic rings. The first-order valence-corrected chi connectivity index (χ1v) is 7.31. The van der Waals surface area contributed by atoms with Gasteiger partial charge in [-0.2, -0.15) is 0 Å². The molecule has 0 radical (unpaired) electrons. The third kappa shape index (κ3) is 2.00. The standard InChI is InChI=1S/C18H14O5/c1-21-18(20)16-15(11-4-2-3-5-12(11)17(16)19)10-6-7-13-14(8-10)23-9-22-13/h2-8,15-16H,9H2,1H3/t15-,16?/m0/s1. The lowest BCUT2D eigenvalue weighted by Crippen LogP contribution is -2.26. The third-order valence-electron chi connectivity index (χ3n) is 4.39. The number of ketones is 1. The highest BCUT2D eigenvalue weighted by Crippen LogP contribution is 2.45. The van der Waals surface area contributed by atoms with Gasteiger partial charge in [0.15, 0.2) is 17.3 Å². The topological polar surface area (TPSA) is 61.8 Å². The zero-order valence-corrected chi connectivity index (χ0v) is 12.4. The summed E-state index contributed by atoms with van der Waals surface area (Å²) >= 11 is 0. The summed E-state index contributed by atoms with van der Waals surface area (Å²) in [5, 5.41) is 0. The van der Waals surface area contributed by atoms with Gasteiger partial charge in [0.2, 0.25) is 6.79 Å². The van der Waals surface area contributed by atoms with E-state index in [1.807, 2.05) is 24.3 Å². The van der Waals surface area contributed by atoms with Crippen LogP contribution >= 0.6 is 0 Å². The predicted octanol–water partition coefficient (Wildman–Crippen LogP) is 2.53. The molecule has 0 N–H and O–H groups in total. The minimum Gasteiger partial charge on any atom is -0.468 e. The molecule has 0 spiro atoms. The highest BCUT2D eigenvalue weighted by atomic mass is 16.7. The number of hydrogen-bond acceptors (Lipinski definition) is 5. The van der Waals surface area contributed by atoms with Gasteiger partial charge in [-0.05, 0) is 23.3 Å². The Labute approximate surface area is 132 Å². The fourth-order valence-corrected chi connectivity index (χ4v) is 3.34. The average Bonchev–Trinajstić information content (AvgIpc) is 3.16. The summed E-state index contributed by atoms with van der Waals surface area (Å²) in [4.78, 5) is 24.9. The first-order chi connectivity index (χ1) is 11.2. The number of rotatable bonds is 2. The maximum atomic E-state index is 12.7. The van der Waals surface area contributed by atoms with Crippen LogP contribution in [0.3, 0.4) is 0 Å². The van der Waals surface area contributed by atoms with E-state index < -0.39 is 11.9 Å². The molecule has 1 unspecified atom stereocenters. The number of carbonyl (C=O) groups is 2. The van der Waals surface area contributed by atoms with Crippen molar-refractivity contribution in [1.82, 2.24) is 0 Å². The molecule has 1 heterocycles. The van der Waals surface area contributed by atoms with Crippen molar-refractivity contribution in [2.45, 2.75) is 5.92 Å². The van der Waals surface area contributed by atoms with Gasteiger partial charge in [0.05, 0.1) is 7.11 Å². The van der Waals surface area contributed by atoms with Crippen molar-refractivity contribution in [2.24, 2.45) is 5.92 Å². The normalized spacial score (nSPS) is 21.2. The van der Waals surface area contributed by atoms with Gasteiger partial charge in [-0.3, -0.25) is 9.59 Å². The monoisotopic (exact) mass is 310 g/mol. The molecule has 4 rings (SSSR count). The second-order valence-electron chi connectivity index (χ2n) is 5.54. The summed E-state index contributed by atoms with van der Waals surface area (Å²) < 4.78 is 15.6. The molecule has 2 atom stereocenters. The van der Waals surface area contributed by atoms with Crippen molar-refractivity contribution in [3.8, 4) is 11.5 Å². The first-order valence-electron chi connectivity index (χ1n) is 7.31. The van der Waals surface area contributed by atoms with Crippen LogP contribution in [0, 0.1) is 5.92 Å². The summed E-state index contributed by atoms with van der Waals surface area (Å²) in [5.41, 5.74) is 2.25. The van der Waals surface area contributed by atoms with E-state index in [9.17, 15) is 9.59 Å². The van der Waals surface area contributed by atoms with Crippen molar-refractivity contribution in [1.29, 1.82) is 0 Å². The molecule has 1 aliphatic carbocycles. The quantitative estimate of drug-likeness (QED) is 0.630. The molecule has 5 nitrogen and oxygen atoms in total. The number of Topliss-reactive ketones (excluding diaryl/α,β-unsaturated/α-hetero) is 1. The molecular weight excluding hydrogens is 296 g/mol. The van der Waals surface area contributed by atoms with Crippen LogP contribution in [0.5, 0.6) is 11.5 Å². The number of benzene rings is 2. The van der Waals surface area contributed by atoms with Crippen LogP contribution in [0.15, 0.2) is 42.5 Å². The Kier molecular flexibility index (Phi) is 3.08. The molecule has 0 bridgehead atoms. The molecule has 5 heteroatoms. The van der Waals surface area contributed by atoms with E-state index >= 15 is 0 Å². The average molecular weight is 310 g/mol. The molecule has 2 aliphatic rings. The fourth-order valence-electron chi connectivity index (χ4n) is 3.34. The van der Waals surface area contributed by atoms with Gasteiger partial charge in [-0.15, -0.1) is 0 Å². The SMILES string of the molecule is COC(=O)C1C(=O)c2ccccc2[C@@H]1c1ccc2c(c1)OCO2. The number of methoxy groups -OCH3 is 1. The highest BCUT2D eigenvalue weighted by molar-refractivity contribution is 6.13. The zero-order valence-electron chi connectivity index (χ0n) is 12.4. The van der Waals surface area contributed by atoms with Gasteiger partial charge >= 0.3 is 5.97 Å². The van der Waals surface area contributed by atoms with Crippen molar-refractivity contribution in [2.75, 3.05) is 13.9 Å². The smallest absolute Gasteiger partial charge is 0.317 e. The summed E-state index contributed by atoms with van der Waals surface area (Å²) in [6.45, 7) is 0.180. The number of fused-ring (bicyclic) bond motifs is 2. The van der Waals surface area contributed by atoms with Gasteiger partial charge in [-0.25, -0.2) is 0 Å². The van der Waals surface area contributed by atoms with E-state index in [1.54, 1.807) is 18.2 Å². The molecule has 0 amide bonds. The van der Waals surface area contributed by atoms with E-state index in [4.69, 9.17) is 14.2 Å². The van der Waals surface area contributed by atoms with Gasteiger partial charge in [-0.1, -0.05) is 30.3 Å². The Morgan fingerprint density at radius 1 is 1.13 bits per heavy atom. The maximum absolute atomic E-state index is 12.7. The van der Waals surface area contributed by atoms with Crippen LogP contribution in [0.2, 0.25) is 0 Å². The zero-order chi connectivity index (χ0) is 16.0. The van der Waals surface area contributed by atoms with E-state index in [-0.39, 0.29) is 18.5 Å². The number of carbonyl (C=O) groups excluding carboxylic acids is 2. The lowest BCUT2D eigenvalue weighted by molar-refractivity contribution is -0.143. The molecule has 2 aromatic carbocycles. The van der Waals surface area contributed by atoms with Crippen molar-refractivity contribution >= 4 is 11.8 Å². The lowest BCUT2D eigenvalue weighted by Gasteiger charge is -2.18. The van der Waals surface area contributed by atoms with Crippen LogP contribution < -0.4 is 9.47 Å². The Morgan fingerprint density at radius 2 is 1.91 bits per heavy atom. The second kappa shape index (κ2) is 5.12. The Balaban J connectivity index is 1.86. The Bertz CT molecular complexity index is 811. The van der Waals surface area contributed by atoms with E-state index in [0.717, 1.165) is 11.1 Å². The number of esters is 1. The predicted molar refractivity (Wildman–Crippen MR) is 80.7 cm³/mol. The van der Waals surface area contributed by atoms with Gasteiger partial charge in [0, 0.05) is 11.5 Å². The number of ether oxygens (including phenoxy) is 3. The first kappa shape index (κ1) is 13.8. The molecule has 1 aliphatic heterocycles. The molecule has 0 saturated heterocycles. The minimum absolute atomic E-state index is 0.180. The largest absolute Gasteiger partial charge is 0.468 e. The molecule has 0 aromatic heterocycles. The van der Waals surface area contributed by atoms with Crippen LogP contribution in [-0.2, 0) is 9.53 Å². The summed E-state index contributed by atoms with van der Waals surface area (Å²) in [6.07, 6.45) is 0. The highest BCUT2D eigenvalue weighted by Gasteiger charge is 2.45. The molecule has 0 saturated carbocycles. The van der Waals surface area contributed by atoms with Crippen LogP contribution in [0.4, 0.5) is 0 Å². The van der Waals surface area contributed by atoms with Gasteiger partial charge < -0.3 is 14.2 Å². The van der Waals surface area contributed by atoms with Gasteiger partial charge in [0.1, 0.15) is 5.92 Å². The summed E-state index contributed by atoms with van der Waals surface area (Å²) in [7, 11) is 1.30. The lowest BCUT2D eigenvalue weighted by atomic mass is 9.85. The van der Waals surface area contributed by atoms with Crippen molar-refractivity contribution in [3.63, 3.8) is 0 Å². The van der Waals surface area contributed by atoms with Crippen LogP contribution in [-0.4, -0.2) is 25.7 Å². The fraction of sp³-hybridized carbons (Fsp3) is 0.222. The molecule has 116 valence electrons. The molecular formula is C18H14O5. The molecule has 0 fully saturated rings. The van der Waals surface area contributed by atoms with Crippen molar-refractivity contribution < 1.29 is 23.8 Å². The van der Waals surface area contributed by atoms with Crippen LogP contribution in [0.1, 0.15) is 27.4 Å². The van der Waals surface area contributed by atoms with E-state index in [1.165, 1.54) is 7.11 Å². The maximum Gasteiger partial charge on any atom is 0.317 e. The summed E-state index contributed by atoms with van der Waals surface area (Å²) in [6, 6.07) is 12.8.